The summed E-state index contributed by atoms with van der Waals surface area (Å²) in [6.07, 6.45) is -4.38. The van der Waals surface area contributed by atoms with Crippen molar-refractivity contribution in [1.82, 2.24) is 0 Å². The van der Waals surface area contributed by atoms with Crippen molar-refractivity contribution < 1.29 is 31.9 Å². The van der Waals surface area contributed by atoms with Crippen LogP contribution >= 0.6 is 0 Å². The van der Waals surface area contributed by atoms with Crippen LogP contribution in [0.4, 0.5) is 23.2 Å². The molecule has 0 saturated carbocycles. The maximum Gasteiger partial charge on any atom is 0.416 e. The molecule has 174 valence electrons. The van der Waals surface area contributed by atoms with Crippen molar-refractivity contribution in [3.05, 3.63) is 88.2 Å². The Morgan fingerprint density at radius 1 is 0.970 bits per heavy atom. The molecule has 3 aromatic carbocycles. The first kappa shape index (κ1) is 25.4. The molecule has 0 spiro atoms. The van der Waals surface area contributed by atoms with E-state index in [4.69, 9.17) is 9.53 Å². The summed E-state index contributed by atoms with van der Waals surface area (Å²) < 4.78 is 58.7. The van der Waals surface area contributed by atoms with Crippen LogP contribution in [0.2, 0.25) is 0 Å². The minimum atomic E-state index is -4.63. The summed E-state index contributed by atoms with van der Waals surface area (Å²) in [6, 6.07) is 11.7. The van der Waals surface area contributed by atoms with E-state index >= 15 is 0 Å². The average Bonchev–Trinajstić information content (AvgIpc) is 2.73. The highest BCUT2D eigenvalue weighted by atomic mass is 19.4. The Bertz CT molecular complexity index is 1160. The summed E-state index contributed by atoms with van der Waals surface area (Å²) in [5.41, 5.74) is 5.56. The van der Waals surface area contributed by atoms with Gasteiger partial charge in [0.15, 0.2) is 0 Å². The monoisotopic (exact) mass is 462 g/mol. The van der Waals surface area contributed by atoms with Gasteiger partial charge in [0.25, 0.3) is 5.91 Å². The Hall–Kier alpha value is -3.88. The van der Waals surface area contributed by atoms with E-state index in [1.54, 1.807) is 26.0 Å². The summed E-state index contributed by atoms with van der Waals surface area (Å²) in [4.78, 5) is 21.5. The number of carbonyl (C=O) groups excluding carboxylic acids is 2. The molecule has 3 rings (SSSR count). The zero-order valence-corrected chi connectivity index (χ0v) is 18.1. The van der Waals surface area contributed by atoms with Gasteiger partial charge in [-0.3, -0.25) is 9.59 Å². The molecule has 0 aliphatic carbocycles. The quantitative estimate of drug-likeness (QED) is 0.373. The van der Waals surface area contributed by atoms with Gasteiger partial charge in [-0.15, -0.1) is 0 Å². The summed E-state index contributed by atoms with van der Waals surface area (Å²) in [5, 5.41) is 2.65. The van der Waals surface area contributed by atoms with Crippen molar-refractivity contribution in [2.75, 3.05) is 5.32 Å². The Labute approximate surface area is 188 Å². The van der Waals surface area contributed by atoms with Crippen LogP contribution in [0.15, 0.2) is 54.6 Å². The molecule has 0 fully saturated rings. The number of hydrogen-bond donors (Lipinski definition) is 2. The van der Waals surface area contributed by atoms with Gasteiger partial charge in [0.05, 0.1) is 11.1 Å². The third kappa shape index (κ3) is 6.55. The smallest absolute Gasteiger partial charge is 0.416 e. The summed E-state index contributed by atoms with van der Waals surface area (Å²) in [5.74, 6) is -1.05. The number of halogens is 4. The molecule has 0 bridgehead atoms. The predicted molar refractivity (Wildman–Crippen MR) is 117 cm³/mol. The summed E-state index contributed by atoms with van der Waals surface area (Å²) in [6.45, 7) is 5.26. The zero-order valence-electron chi connectivity index (χ0n) is 18.1. The van der Waals surface area contributed by atoms with Crippen molar-refractivity contribution in [3.63, 3.8) is 0 Å². The lowest BCUT2D eigenvalue weighted by atomic mass is 10.1. The van der Waals surface area contributed by atoms with Gasteiger partial charge in [-0.1, -0.05) is 12.1 Å². The fourth-order valence-corrected chi connectivity index (χ4v) is 2.89. The number of primary amides is 1. The summed E-state index contributed by atoms with van der Waals surface area (Å²) in [7, 11) is 0. The maximum atomic E-state index is 13.3. The number of aryl methyl sites for hydroxylation is 2. The van der Waals surface area contributed by atoms with Crippen LogP contribution in [0.5, 0.6) is 11.5 Å². The number of nitrogens with two attached hydrogens (primary N) is 1. The van der Waals surface area contributed by atoms with E-state index in [-0.39, 0.29) is 23.5 Å². The zero-order chi connectivity index (χ0) is 24.8. The molecule has 0 saturated heterocycles. The van der Waals surface area contributed by atoms with Crippen LogP contribution in [-0.2, 0) is 11.0 Å². The molecule has 3 aromatic rings. The van der Waals surface area contributed by atoms with E-state index in [2.05, 4.69) is 11.1 Å². The maximum absolute atomic E-state index is 13.3. The first-order valence-corrected chi connectivity index (χ1v) is 9.66. The normalized spacial score (nSPS) is 10.6. The molecule has 0 atom stereocenters. The molecule has 0 unspecified atom stereocenters. The number of nitrogens with one attached hydrogen (secondary N) is 1. The molecule has 2 amide bonds. The second kappa shape index (κ2) is 10.6. The Morgan fingerprint density at radius 3 is 2.21 bits per heavy atom. The molecule has 0 heterocycles. The highest BCUT2D eigenvalue weighted by Crippen LogP contribution is 2.35. The molecule has 0 radical (unpaired) electrons. The minimum Gasteiger partial charge on any atom is -0.456 e. The van der Waals surface area contributed by atoms with Gasteiger partial charge in [-0.05, 0) is 79.9 Å². The summed E-state index contributed by atoms with van der Waals surface area (Å²) >= 11 is 0. The fourth-order valence-electron chi connectivity index (χ4n) is 2.89. The van der Waals surface area contributed by atoms with Gasteiger partial charge in [-0.2, -0.15) is 13.2 Å². The predicted octanol–water partition coefficient (Wildman–Crippen LogP) is 5.92. The van der Waals surface area contributed by atoms with Crippen LogP contribution < -0.4 is 15.8 Å². The van der Waals surface area contributed by atoms with E-state index in [1.165, 1.54) is 18.2 Å². The first-order valence-electron chi connectivity index (χ1n) is 9.66. The molecule has 0 aliphatic heterocycles. The lowest BCUT2D eigenvalue weighted by Crippen LogP contribution is -2.16. The van der Waals surface area contributed by atoms with Crippen molar-refractivity contribution in [2.45, 2.75) is 26.9 Å². The molecule has 33 heavy (non-hydrogen) atoms. The molecule has 0 aromatic heterocycles. The molecule has 5 nitrogen and oxygen atoms in total. The number of ether oxygens (including phenoxy) is 1. The fraction of sp³-hybridized carbons (Fsp3) is 0.167. The highest BCUT2D eigenvalue weighted by molar-refractivity contribution is 6.06. The topological polar surface area (TPSA) is 81.4 Å². The van der Waals surface area contributed by atoms with E-state index in [0.29, 0.717) is 11.3 Å². The van der Waals surface area contributed by atoms with Crippen LogP contribution in [0.1, 0.15) is 32.6 Å². The van der Waals surface area contributed by atoms with Crippen LogP contribution in [0.25, 0.3) is 0 Å². The van der Waals surface area contributed by atoms with E-state index in [9.17, 15) is 22.4 Å². The van der Waals surface area contributed by atoms with Gasteiger partial charge in [0.2, 0.25) is 6.41 Å². The van der Waals surface area contributed by atoms with Crippen molar-refractivity contribution in [3.8, 4) is 11.5 Å². The second-order valence-corrected chi connectivity index (χ2v) is 7.06. The lowest BCUT2D eigenvalue weighted by Gasteiger charge is -2.16. The van der Waals surface area contributed by atoms with E-state index in [1.807, 2.05) is 13.0 Å². The Kier molecular flexibility index (Phi) is 8.17. The standard InChI is InChI=1S/C23H19F4NO2.CH3NO/c1-13-5-4-6-19(15(13)3)28-22(29)18-12-16(23(25,26)27)7-9-21(18)30-20-10-8-17(24)11-14(20)2;2-1-3/h4-12H,1-3H3,(H,28,29);1H,(H2,2,3). The van der Waals surface area contributed by atoms with Crippen molar-refractivity contribution in [2.24, 2.45) is 5.73 Å². The largest absolute Gasteiger partial charge is 0.456 e. The van der Waals surface area contributed by atoms with Crippen LogP contribution in [-0.4, -0.2) is 12.3 Å². The second-order valence-electron chi connectivity index (χ2n) is 7.06. The molecular weight excluding hydrogens is 440 g/mol. The number of hydrogen-bond acceptors (Lipinski definition) is 3. The van der Waals surface area contributed by atoms with Crippen molar-refractivity contribution >= 4 is 18.0 Å². The molecule has 9 heteroatoms. The molecule has 3 N–H and O–H groups in total. The van der Waals surface area contributed by atoms with Gasteiger partial charge in [0.1, 0.15) is 17.3 Å². The van der Waals surface area contributed by atoms with Gasteiger partial charge in [0, 0.05) is 5.69 Å². The highest BCUT2D eigenvalue weighted by Gasteiger charge is 2.32. The number of carbonyl (C=O) groups is 2. The third-order valence-electron chi connectivity index (χ3n) is 4.76. The number of benzene rings is 3. The van der Waals surface area contributed by atoms with Crippen LogP contribution in [0.3, 0.4) is 0 Å². The van der Waals surface area contributed by atoms with Gasteiger partial charge in [-0.25, -0.2) is 4.39 Å². The average molecular weight is 462 g/mol. The third-order valence-corrected chi connectivity index (χ3v) is 4.76. The van der Waals surface area contributed by atoms with Crippen LogP contribution in [0, 0.1) is 26.6 Å². The van der Waals surface area contributed by atoms with E-state index in [0.717, 1.165) is 29.3 Å². The number of anilines is 1. The lowest BCUT2D eigenvalue weighted by molar-refractivity contribution is -0.137. The Balaban J connectivity index is 0.00000122. The first-order chi connectivity index (χ1) is 15.5. The SMILES string of the molecule is Cc1cc(F)ccc1Oc1ccc(C(F)(F)F)cc1C(=O)Nc1cccc(C)c1C.NC=O. The number of rotatable bonds is 4. The van der Waals surface area contributed by atoms with Gasteiger partial charge >= 0.3 is 6.18 Å². The Morgan fingerprint density at radius 2 is 1.61 bits per heavy atom. The van der Waals surface area contributed by atoms with E-state index < -0.39 is 23.5 Å². The molecular formula is C24H22F4N2O3. The number of amides is 2. The van der Waals surface area contributed by atoms with Crippen molar-refractivity contribution in [1.29, 1.82) is 0 Å². The van der Waals surface area contributed by atoms with Gasteiger partial charge < -0.3 is 15.8 Å². The minimum absolute atomic E-state index is 0.0690. The number of alkyl halides is 3. The molecule has 0 aliphatic rings.